The maximum atomic E-state index is 5.19. The third-order valence-electron chi connectivity index (χ3n) is 9.35. The molecule has 0 unspecified atom stereocenters. The van der Waals surface area contributed by atoms with Gasteiger partial charge >= 0.3 is 0 Å². The van der Waals surface area contributed by atoms with Crippen LogP contribution in [0.4, 0.5) is 5.69 Å². The van der Waals surface area contributed by atoms with E-state index in [1.165, 1.54) is 82.4 Å². The van der Waals surface area contributed by atoms with Crippen LogP contribution in [-0.4, -0.2) is 5.71 Å². The van der Waals surface area contributed by atoms with Crippen molar-refractivity contribution < 1.29 is 0 Å². The molecule has 0 N–H and O–H groups in total. The van der Waals surface area contributed by atoms with Crippen molar-refractivity contribution in [2.24, 2.45) is 4.99 Å². The maximum Gasteiger partial charge on any atom is 0.0669 e. The maximum absolute atomic E-state index is 5.19. The molecule has 1 aliphatic rings. The largest absolute Gasteiger partial charge is 0.252 e. The van der Waals surface area contributed by atoms with Crippen LogP contribution in [0.3, 0.4) is 0 Å². The van der Waals surface area contributed by atoms with Gasteiger partial charge in [0, 0.05) is 12.0 Å². The van der Waals surface area contributed by atoms with Crippen LogP contribution in [0.1, 0.15) is 16.7 Å². The zero-order valence-electron chi connectivity index (χ0n) is 24.5. The summed E-state index contributed by atoms with van der Waals surface area (Å²) < 4.78 is 0. The first-order valence-corrected chi connectivity index (χ1v) is 15.4. The Hall–Kier alpha value is -5.53. The molecule has 1 heterocycles. The van der Waals surface area contributed by atoms with Gasteiger partial charge in [-0.05, 0) is 96.4 Å². The molecule has 0 amide bonds. The number of hydrogen-bond donors (Lipinski definition) is 0. The van der Waals surface area contributed by atoms with Crippen LogP contribution in [0.2, 0.25) is 0 Å². The Balaban J connectivity index is 1.44. The van der Waals surface area contributed by atoms with Crippen molar-refractivity contribution in [3.05, 3.63) is 162 Å². The van der Waals surface area contributed by atoms with Crippen molar-refractivity contribution in [2.75, 3.05) is 0 Å². The second-order valence-corrected chi connectivity index (χ2v) is 12.0. The van der Waals surface area contributed by atoms with E-state index < -0.39 is 0 Å². The fraction of sp³-hybridized carbons (Fsp3) is 0.0465. The number of aliphatic imine (C=N–C) groups is 1. The van der Waals surface area contributed by atoms with Crippen LogP contribution in [0, 0.1) is 6.92 Å². The molecule has 44 heavy (non-hydrogen) atoms. The first-order chi connectivity index (χ1) is 21.7. The molecule has 0 spiro atoms. The Morgan fingerprint density at radius 1 is 0.432 bits per heavy atom. The van der Waals surface area contributed by atoms with Crippen molar-refractivity contribution in [1.29, 1.82) is 0 Å². The topological polar surface area (TPSA) is 12.4 Å². The van der Waals surface area contributed by atoms with Crippen molar-refractivity contribution >= 4 is 43.7 Å². The van der Waals surface area contributed by atoms with Gasteiger partial charge in [-0.3, -0.25) is 4.99 Å². The zero-order chi connectivity index (χ0) is 29.2. The molecular formula is C43H29N. The highest BCUT2D eigenvalue weighted by Gasteiger charge is 2.23. The molecule has 1 nitrogen and oxygen atoms in total. The molecule has 8 aromatic rings. The third kappa shape index (κ3) is 3.83. The number of hydrogen-bond acceptors (Lipinski definition) is 1. The quantitative estimate of drug-likeness (QED) is 0.190. The first kappa shape index (κ1) is 25.0. The van der Waals surface area contributed by atoms with Crippen molar-refractivity contribution in [3.63, 3.8) is 0 Å². The van der Waals surface area contributed by atoms with Gasteiger partial charge in [0.1, 0.15) is 0 Å². The van der Waals surface area contributed by atoms with E-state index in [4.69, 9.17) is 4.99 Å². The molecule has 0 saturated heterocycles. The van der Waals surface area contributed by atoms with E-state index in [0.717, 1.165) is 17.8 Å². The Kier molecular flexibility index (Phi) is 5.55. The number of para-hydroxylation sites is 1. The molecule has 1 heteroatoms. The van der Waals surface area contributed by atoms with Crippen LogP contribution in [0.15, 0.2) is 151 Å². The van der Waals surface area contributed by atoms with Gasteiger partial charge in [0.15, 0.2) is 0 Å². The molecule has 0 bridgehead atoms. The normalized spacial score (nSPS) is 12.7. The molecule has 0 fully saturated rings. The van der Waals surface area contributed by atoms with E-state index in [2.05, 4.69) is 153 Å². The number of aryl methyl sites for hydroxylation is 1. The predicted octanol–water partition coefficient (Wildman–Crippen LogP) is 11.6. The zero-order valence-corrected chi connectivity index (χ0v) is 24.5. The number of nitrogens with zero attached hydrogens (tertiary/aromatic N) is 1. The summed E-state index contributed by atoms with van der Waals surface area (Å²) in [7, 11) is 0. The van der Waals surface area contributed by atoms with E-state index in [1.807, 2.05) is 0 Å². The Labute approximate surface area is 257 Å². The second-order valence-electron chi connectivity index (χ2n) is 12.0. The smallest absolute Gasteiger partial charge is 0.0669 e. The monoisotopic (exact) mass is 559 g/mol. The second kappa shape index (κ2) is 9.76. The summed E-state index contributed by atoms with van der Waals surface area (Å²) >= 11 is 0. The van der Waals surface area contributed by atoms with Gasteiger partial charge < -0.3 is 0 Å². The Bertz CT molecular complexity index is 2380. The molecule has 0 aliphatic carbocycles. The van der Waals surface area contributed by atoms with Gasteiger partial charge in [-0.25, -0.2) is 0 Å². The summed E-state index contributed by atoms with van der Waals surface area (Å²) in [6, 6.07) is 53.4. The van der Waals surface area contributed by atoms with Crippen LogP contribution in [0.5, 0.6) is 0 Å². The standard InChI is InChI=1S/C43H29N/c1-27-16-18-30(19-17-27)37-25-36(28-10-4-2-5-11-28)32-22-23-35-39(41-24-31-14-8-9-15-40(31)44-41)26-38(29-12-6-3-7-13-29)34-21-20-33(37)42(32)43(34)35/h2-23,25-26H,24H2,1H3. The average molecular weight is 560 g/mol. The van der Waals surface area contributed by atoms with Crippen molar-refractivity contribution in [2.45, 2.75) is 13.3 Å². The highest BCUT2D eigenvalue weighted by Crippen LogP contribution is 2.47. The van der Waals surface area contributed by atoms with Gasteiger partial charge in [0.2, 0.25) is 0 Å². The molecule has 8 aromatic carbocycles. The van der Waals surface area contributed by atoms with Gasteiger partial charge in [-0.15, -0.1) is 0 Å². The van der Waals surface area contributed by atoms with Gasteiger partial charge in [0.05, 0.1) is 11.4 Å². The summed E-state index contributed by atoms with van der Waals surface area (Å²) in [5, 5.41) is 7.77. The van der Waals surface area contributed by atoms with E-state index >= 15 is 0 Å². The molecular weight excluding hydrogens is 530 g/mol. The molecule has 206 valence electrons. The van der Waals surface area contributed by atoms with E-state index in [9.17, 15) is 0 Å². The lowest BCUT2D eigenvalue weighted by Gasteiger charge is -2.21. The highest BCUT2D eigenvalue weighted by atomic mass is 14.8. The third-order valence-corrected chi connectivity index (χ3v) is 9.35. The summed E-state index contributed by atoms with van der Waals surface area (Å²) in [6.07, 6.45) is 0.845. The summed E-state index contributed by atoms with van der Waals surface area (Å²) in [5.41, 5.74) is 13.5. The summed E-state index contributed by atoms with van der Waals surface area (Å²) in [5.74, 6) is 0. The number of benzene rings is 8. The predicted molar refractivity (Wildman–Crippen MR) is 188 cm³/mol. The average Bonchev–Trinajstić information content (AvgIpc) is 3.52. The molecule has 0 radical (unpaired) electrons. The van der Waals surface area contributed by atoms with Crippen LogP contribution in [0.25, 0.3) is 65.7 Å². The van der Waals surface area contributed by atoms with Crippen molar-refractivity contribution in [3.8, 4) is 33.4 Å². The summed E-state index contributed by atoms with van der Waals surface area (Å²) in [6.45, 7) is 2.15. The highest BCUT2D eigenvalue weighted by molar-refractivity contribution is 6.33. The van der Waals surface area contributed by atoms with Gasteiger partial charge in [-0.1, -0.05) is 133 Å². The minimum atomic E-state index is 0.845. The molecule has 0 aromatic heterocycles. The number of rotatable bonds is 4. The Morgan fingerprint density at radius 3 is 1.43 bits per heavy atom. The van der Waals surface area contributed by atoms with Crippen LogP contribution >= 0.6 is 0 Å². The molecule has 0 saturated carbocycles. The van der Waals surface area contributed by atoms with Gasteiger partial charge in [0.25, 0.3) is 0 Å². The van der Waals surface area contributed by atoms with Crippen LogP contribution in [-0.2, 0) is 6.42 Å². The van der Waals surface area contributed by atoms with E-state index in [-0.39, 0.29) is 0 Å². The summed E-state index contributed by atoms with van der Waals surface area (Å²) in [4.78, 5) is 5.19. The van der Waals surface area contributed by atoms with E-state index in [1.54, 1.807) is 0 Å². The Morgan fingerprint density at radius 2 is 0.886 bits per heavy atom. The lowest BCUT2D eigenvalue weighted by atomic mass is 9.82. The SMILES string of the molecule is Cc1ccc(-c2cc(-c3ccccc3)c3ccc4c(C5=Nc6ccccc6C5)cc(-c5ccccc5)c5ccc2c3c45)cc1. The van der Waals surface area contributed by atoms with E-state index in [0.29, 0.717) is 0 Å². The molecule has 9 rings (SSSR count). The lowest BCUT2D eigenvalue weighted by Crippen LogP contribution is -2.03. The minimum Gasteiger partial charge on any atom is -0.252 e. The number of fused-ring (bicyclic) bond motifs is 1. The fourth-order valence-electron chi connectivity index (χ4n) is 7.21. The fourth-order valence-corrected chi connectivity index (χ4v) is 7.21. The lowest BCUT2D eigenvalue weighted by molar-refractivity contribution is 1.39. The van der Waals surface area contributed by atoms with Crippen molar-refractivity contribution in [1.82, 2.24) is 0 Å². The van der Waals surface area contributed by atoms with Gasteiger partial charge in [-0.2, -0.15) is 0 Å². The molecule has 0 atom stereocenters. The first-order valence-electron chi connectivity index (χ1n) is 15.4. The van der Waals surface area contributed by atoms with Crippen LogP contribution < -0.4 is 0 Å². The molecule has 1 aliphatic heterocycles. The minimum absolute atomic E-state index is 0.845.